The molecule has 1 rings (SSSR count). The molecular weight excluding hydrogens is 214 g/mol. The van der Waals surface area contributed by atoms with Gasteiger partial charge in [-0.15, -0.1) is 0 Å². The summed E-state index contributed by atoms with van der Waals surface area (Å²) in [6.07, 6.45) is 3.58. The molecule has 0 saturated heterocycles. The molecule has 0 radical (unpaired) electrons. The molecule has 0 bridgehead atoms. The van der Waals surface area contributed by atoms with Crippen LogP contribution < -0.4 is 5.73 Å². The first-order chi connectivity index (χ1) is 8.17. The number of nitrogens with two attached hydrogens (primary N) is 1. The Morgan fingerprint density at radius 1 is 1.41 bits per heavy atom. The monoisotopic (exact) mass is 235 g/mol. The van der Waals surface area contributed by atoms with Gasteiger partial charge in [-0.2, -0.15) is 0 Å². The summed E-state index contributed by atoms with van der Waals surface area (Å²) in [5.41, 5.74) is 6.71. The van der Waals surface area contributed by atoms with Gasteiger partial charge in [0.25, 0.3) is 0 Å². The molecule has 1 aromatic rings. The second kappa shape index (κ2) is 7.01. The third-order valence-electron chi connectivity index (χ3n) is 2.90. The zero-order valence-electron chi connectivity index (χ0n) is 10.6. The minimum atomic E-state index is -0.391. The highest BCUT2D eigenvalue weighted by Crippen LogP contribution is 2.04. The Kier molecular flexibility index (Phi) is 5.63. The fourth-order valence-electron chi connectivity index (χ4n) is 1.79. The maximum absolute atomic E-state index is 11.0. The van der Waals surface area contributed by atoms with Crippen molar-refractivity contribution in [3.63, 3.8) is 0 Å². The highest BCUT2D eigenvalue weighted by atomic mass is 16.1. The molecule has 4 heteroatoms. The quantitative estimate of drug-likeness (QED) is 0.778. The van der Waals surface area contributed by atoms with Crippen LogP contribution in [0.5, 0.6) is 0 Å². The van der Waals surface area contributed by atoms with E-state index < -0.39 is 5.91 Å². The summed E-state index contributed by atoms with van der Waals surface area (Å²) in [6, 6.07) is 3.43. The molecule has 0 fully saturated rings. The van der Waals surface area contributed by atoms with E-state index in [4.69, 9.17) is 5.73 Å². The predicted molar refractivity (Wildman–Crippen MR) is 68.9 cm³/mol. The van der Waals surface area contributed by atoms with Crippen molar-refractivity contribution in [2.24, 2.45) is 5.73 Å². The van der Waals surface area contributed by atoms with E-state index in [1.165, 1.54) is 0 Å². The number of carbonyl (C=O) groups excluding carboxylic acids is 1. The number of aromatic nitrogens is 1. The molecule has 0 aliphatic rings. The van der Waals surface area contributed by atoms with Crippen molar-refractivity contribution in [1.82, 2.24) is 9.88 Å². The van der Waals surface area contributed by atoms with Crippen LogP contribution in [0.1, 0.15) is 36.3 Å². The fraction of sp³-hybridized carbons (Fsp3) is 0.538. The molecule has 0 spiro atoms. The van der Waals surface area contributed by atoms with E-state index >= 15 is 0 Å². The predicted octanol–water partition coefficient (Wildman–Crippen LogP) is 1.45. The molecule has 0 aliphatic carbocycles. The minimum absolute atomic E-state index is 0.391. The number of hydrogen-bond acceptors (Lipinski definition) is 3. The third kappa shape index (κ3) is 4.53. The van der Waals surface area contributed by atoms with Gasteiger partial charge in [-0.25, -0.2) is 0 Å². The molecule has 0 aromatic carbocycles. The van der Waals surface area contributed by atoms with Gasteiger partial charge in [0, 0.05) is 17.5 Å². The van der Waals surface area contributed by atoms with E-state index in [1.54, 1.807) is 18.3 Å². The number of aryl methyl sites for hydroxylation is 1. The molecule has 4 nitrogen and oxygen atoms in total. The van der Waals surface area contributed by atoms with Crippen LogP contribution in [0, 0.1) is 0 Å². The largest absolute Gasteiger partial charge is 0.366 e. The van der Waals surface area contributed by atoms with Crippen LogP contribution in [0.2, 0.25) is 0 Å². The number of hydrogen-bond donors (Lipinski definition) is 1. The third-order valence-corrected chi connectivity index (χ3v) is 2.90. The van der Waals surface area contributed by atoms with Gasteiger partial charge in [-0.05, 0) is 44.6 Å². The number of nitrogens with zero attached hydrogens (tertiary/aromatic N) is 2. The number of rotatable bonds is 7. The SMILES string of the molecule is CCN(CC)CCCc1cc(C(N)=O)ccn1. The molecule has 1 aromatic heterocycles. The number of pyridine rings is 1. The number of carbonyl (C=O) groups is 1. The van der Waals surface area contributed by atoms with Crippen LogP contribution in [0.25, 0.3) is 0 Å². The zero-order valence-corrected chi connectivity index (χ0v) is 10.6. The molecule has 94 valence electrons. The summed E-state index contributed by atoms with van der Waals surface area (Å²) in [7, 11) is 0. The van der Waals surface area contributed by atoms with E-state index in [0.717, 1.165) is 38.2 Å². The van der Waals surface area contributed by atoms with Crippen molar-refractivity contribution in [1.29, 1.82) is 0 Å². The second-order valence-electron chi connectivity index (χ2n) is 4.03. The fourth-order valence-corrected chi connectivity index (χ4v) is 1.79. The molecule has 0 aliphatic heterocycles. The molecule has 17 heavy (non-hydrogen) atoms. The average molecular weight is 235 g/mol. The van der Waals surface area contributed by atoms with E-state index in [9.17, 15) is 4.79 Å². The Hall–Kier alpha value is -1.42. The molecular formula is C13H21N3O. The van der Waals surface area contributed by atoms with Crippen LogP contribution in [0.4, 0.5) is 0 Å². The van der Waals surface area contributed by atoms with Gasteiger partial charge in [-0.3, -0.25) is 9.78 Å². The first-order valence-corrected chi connectivity index (χ1v) is 6.14. The summed E-state index contributed by atoms with van der Waals surface area (Å²) < 4.78 is 0. The lowest BCUT2D eigenvalue weighted by Gasteiger charge is -2.17. The van der Waals surface area contributed by atoms with E-state index in [0.29, 0.717) is 5.56 Å². The maximum atomic E-state index is 11.0. The van der Waals surface area contributed by atoms with Gasteiger partial charge in [0.1, 0.15) is 0 Å². The Bertz CT molecular complexity index is 361. The van der Waals surface area contributed by atoms with E-state index in [2.05, 4.69) is 23.7 Å². The van der Waals surface area contributed by atoms with Gasteiger partial charge >= 0.3 is 0 Å². The minimum Gasteiger partial charge on any atom is -0.366 e. The lowest BCUT2D eigenvalue weighted by Crippen LogP contribution is -2.24. The van der Waals surface area contributed by atoms with Gasteiger partial charge in [-0.1, -0.05) is 13.8 Å². The molecule has 0 atom stereocenters. The van der Waals surface area contributed by atoms with E-state index in [1.807, 2.05) is 0 Å². The molecule has 2 N–H and O–H groups in total. The lowest BCUT2D eigenvalue weighted by molar-refractivity contribution is 0.1000. The van der Waals surface area contributed by atoms with Gasteiger partial charge in [0.2, 0.25) is 5.91 Å². The highest BCUT2D eigenvalue weighted by Gasteiger charge is 2.03. The Labute approximate surface area is 103 Å². The summed E-state index contributed by atoms with van der Waals surface area (Å²) in [6.45, 7) is 7.54. The second-order valence-corrected chi connectivity index (χ2v) is 4.03. The Balaban J connectivity index is 2.46. The highest BCUT2D eigenvalue weighted by molar-refractivity contribution is 5.92. The summed E-state index contributed by atoms with van der Waals surface area (Å²) >= 11 is 0. The summed E-state index contributed by atoms with van der Waals surface area (Å²) in [5.74, 6) is -0.391. The van der Waals surface area contributed by atoms with E-state index in [-0.39, 0.29) is 0 Å². The zero-order chi connectivity index (χ0) is 12.7. The van der Waals surface area contributed by atoms with Gasteiger partial charge in [0.05, 0.1) is 0 Å². The normalized spacial score (nSPS) is 10.8. The topological polar surface area (TPSA) is 59.2 Å². The van der Waals surface area contributed by atoms with Gasteiger partial charge < -0.3 is 10.6 Å². The molecule has 0 unspecified atom stereocenters. The van der Waals surface area contributed by atoms with Crippen LogP contribution in [0.3, 0.4) is 0 Å². The Morgan fingerprint density at radius 2 is 2.12 bits per heavy atom. The smallest absolute Gasteiger partial charge is 0.248 e. The van der Waals surface area contributed by atoms with Crippen LogP contribution in [-0.4, -0.2) is 35.4 Å². The maximum Gasteiger partial charge on any atom is 0.248 e. The van der Waals surface area contributed by atoms with Crippen molar-refractivity contribution >= 4 is 5.91 Å². The Morgan fingerprint density at radius 3 is 2.71 bits per heavy atom. The van der Waals surface area contributed by atoms with Crippen LogP contribution in [-0.2, 0) is 6.42 Å². The van der Waals surface area contributed by atoms with Crippen LogP contribution >= 0.6 is 0 Å². The molecule has 1 heterocycles. The first-order valence-electron chi connectivity index (χ1n) is 6.14. The molecule has 1 amide bonds. The van der Waals surface area contributed by atoms with Crippen molar-refractivity contribution in [3.05, 3.63) is 29.6 Å². The summed E-state index contributed by atoms with van der Waals surface area (Å²) in [5, 5.41) is 0. The van der Waals surface area contributed by atoms with Gasteiger partial charge in [0.15, 0.2) is 0 Å². The van der Waals surface area contributed by atoms with Crippen LogP contribution in [0.15, 0.2) is 18.3 Å². The van der Waals surface area contributed by atoms with Crippen molar-refractivity contribution in [2.45, 2.75) is 26.7 Å². The number of primary amides is 1. The number of amides is 1. The first kappa shape index (κ1) is 13.6. The van der Waals surface area contributed by atoms with Crippen molar-refractivity contribution in [2.75, 3.05) is 19.6 Å². The van der Waals surface area contributed by atoms with Crippen molar-refractivity contribution in [3.8, 4) is 0 Å². The standard InChI is InChI=1S/C13H21N3O/c1-3-16(4-2)9-5-6-12-10-11(13(14)17)7-8-15-12/h7-8,10H,3-6,9H2,1-2H3,(H2,14,17). The lowest BCUT2D eigenvalue weighted by atomic mass is 10.1. The summed E-state index contributed by atoms with van der Waals surface area (Å²) in [4.78, 5) is 17.6. The average Bonchev–Trinajstić information content (AvgIpc) is 2.35. The van der Waals surface area contributed by atoms with Crippen molar-refractivity contribution < 1.29 is 4.79 Å². The molecule has 0 saturated carbocycles.